The van der Waals surface area contributed by atoms with Crippen LogP contribution in [0.2, 0.25) is 0 Å². The van der Waals surface area contributed by atoms with Gasteiger partial charge in [0, 0.05) is 22.7 Å². The molecule has 2 aromatic rings. The Kier molecular flexibility index (Phi) is 3.19. The largest absolute Gasteiger partial charge is 0.357 e. The molecule has 0 radical (unpaired) electrons. The topological polar surface area (TPSA) is 88.3 Å². The molecular weight excluding hydrogens is 274 g/mol. The highest BCUT2D eigenvalue weighted by atomic mass is 15.1. The Hall–Kier alpha value is -3.05. The second kappa shape index (κ2) is 5.05. The summed E-state index contributed by atoms with van der Waals surface area (Å²) in [4.78, 5) is 0. The molecule has 2 N–H and O–H groups in total. The molecule has 1 aliphatic heterocycles. The van der Waals surface area contributed by atoms with Gasteiger partial charge in [-0.3, -0.25) is 5.10 Å². The maximum Gasteiger partial charge on any atom is 0.0975 e. The van der Waals surface area contributed by atoms with Gasteiger partial charge >= 0.3 is 0 Å². The Morgan fingerprint density at radius 3 is 2.55 bits per heavy atom. The van der Waals surface area contributed by atoms with Gasteiger partial charge in [0.1, 0.15) is 0 Å². The third-order valence-corrected chi connectivity index (χ3v) is 4.13. The summed E-state index contributed by atoms with van der Waals surface area (Å²) >= 11 is 0. The van der Waals surface area contributed by atoms with Crippen LogP contribution in [0.15, 0.2) is 35.0 Å². The molecule has 108 valence electrons. The van der Waals surface area contributed by atoms with Gasteiger partial charge in [-0.2, -0.15) is 15.6 Å². The number of nitriles is 2. The summed E-state index contributed by atoms with van der Waals surface area (Å²) in [6, 6.07) is 10.3. The summed E-state index contributed by atoms with van der Waals surface area (Å²) in [6.07, 6.45) is 0. The first kappa shape index (κ1) is 13.9. The molecule has 0 spiro atoms. The molecule has 22 heavy (non-hydrogen) atoms. The van der Waals surface area contributed by atoms with Crippen LogP contribution in [0.5, 0.6) is 0 Å². The van der Waals surface area contributed by atoms with Gasteiger partial charge in [-0.15, -0.1) is 0 Å². The zero-order valence-corrected chi connectivity index (χ0v) is 12.7. The van der Waals surface area contributed by atoms with Crippen molar-refractivity contribution >= 4 is 16.6 Å². The average Bonchev–Trinajstić information content (AvgIpc) is 2.88. The summed E-state index contributed by atoms with van der Waals surface area (Å²) in [5.74, 6) is -0.201. The van der Waals surface area contributed by atoms with Gasteiger partial charge in [0.25, 0.3) is 0 Å². The number of aromatic amines is 1. The second-order valence-corrected chi connectivity index (χ2v) is 5.48. The number of nitrogens with zero attached hydrogens (tertiary/aromatic N) is 3. The van der Waals surface area contributed by atoms with E-state index in [4.69, 9.17) is 0 Å². The van der Waals surface area contributed by atoms with E-state index >= 15 is 0 Å². The normalized spacial score (nSPS) is 18.1. The average molecular weight is 289 g/mol. The smallest absolute Gasteiger partial charge is 0.0975 e. The predicted octanol–water partition coefficient (Wildman–Crippen LogP) is 3.14. The van der Waals surface area contributed by atoms with Crippen LogP contribution in [-0.4, -0.2) is 10.2 Å². The highest BCUT2D eigenvalue weighted by molar-refractivity contribution is 5.87. The quantitative estimate of drug-likeness (QED) is 0.844. The monoisotopic (exact) mass is 289 g/mol. The lowest BCUT2D eigenvalue weighted by Gasteiger charge is -2.25. The number of benzene rings is 1. The van der Waals surface area contributed by atoms with Crippen molar-refractivity contribution in [2.75, 3.05) is 0 Å². The number of dihydropyridines is 1. The van der Waals surface area contributed by atoms with E-state index in [9.17, 15) is 10.5 Å². The van der Waals surface area contributed by atoms with E-state index < -0.39 is 0 Å². The molecule has 5 heteroatoms. The van der Waals surface area contributed by atoms with Gasteiger partial charge < -0.3 is 5.32 Å². The molecule has 0 bridgehead atoms. The van der Waals surface area contributed by atoms with Crippen LogP contribution in [0.1, 0.15) is 25.1 Å². The minimum Gasteiger partial charge on any atom is -0.357 e. The lowest BCUT2D eigenvalue weighted by Crippen LogP contribution is -2.23. The fourth-order valence-electron chi connectivity index (χ4n) is 2.86. The zero-order chi connectivity index (χ0) is 15.9. The van der Waals surface area contributed by atoms with Gasteiger partial charge in [0.2, 0.25) is 0 Å². The summed E-state index contributed by atoms with van der Waals surface area (Å²) in [6.45, 7) is 5.72. The molecule has 0 saturated heterocycles. The van der Waals surface area contributed by atoms with Crippen LogP contribution in [0.3, 0.4) is 0 Å². The highest BCUT2D eigenvalue weighted by Crippen LogP contribution is 2.33. The summed E-state index contributed by atoms with van der Waals surface area (Å²) in [5.41, 5.74) is 5.58. The fourth-order valence-corrected chi connectivity index (χ4v) is 2.86. The molecule has 1 aromatic carbocycles. The third kappa shape index (κ3) is 1.96. The van der Waals surface area contributed by atoms with Crippen molar-refractivity contribution in [2.45, 2.75) is 20.8 Å². The first-order chi connectivity index (χ1) is 10.6. The number of rotatable bonds is 1. The Labute approximate surface area is 128 Å². The molecule has 3 rings (SSSR count). The van der Waals surface area contributed by atoms with Crippen molar-refractivity contribution in [1.82, 2.24) is 15.5 Å². The number of fused-ring (bicyclic) bond motifs is 1. The van der Waals surface area contributed by atoms with Crippen molar-refractivity contribution in [3.63, 3.8) is 0 Å². The van der Waals surface area contributed by atoms with Gasteiger partial charge in [0.15, 0.2) is 0 Å². The van der Waals surface area contributed by atoms with E-state index in [1.807, 2.05) is 39.0 Å². The Balaban J connectivity index is 2.18. The van der Waals surface area contributed by atoms with Crippen LogP contribution in [0, 0.1) is 35.5 Å². The van der Waals surface area contributed by atoms with Gasteiger partial charge in [0.05, 0.1) is 34.5 Å². The van der Waals surface area contributed by atoms with Crippen LogP contribution in [-0.2, 0) is 0 Å². The summed E-state index contributed by atoms with van der Waals surface area (Å²) < 4.78 is 0. The maximum atomic E-state index is 9.52. The van der Waals surface area contributed by atoms with Crippen molar-refractivity contribution in [3.05, 3.63) is 46.3 Å². The standard InChI is InChI=1S/C17H15N5/c1-9-14(7-18)10(2)20-17(15(9)8-19)12-4-5-16-13(6-12)11(3)21-22-16/h4-6,9,20H,1-3H3,(H,21,22). The summed E-state index contributed by atoms with van der Waals surface area (Å²) in [7, 11) is 0. The number of aromatic nitrogens is 2. The van der Waals surface area contributed by atoms with Crippen molar-refractivity contribution in [1.29, 1.82) is 10.5 Å². The minimum absolute atomic E-state index is 0.201. The third-order valence-electron chi connectivity index (χ3n) is 4.13. The van der Waals surface area contributed by atoms with Crippen LogP contribution in [0.4, 0.5) is 0 Å². The molecule has 2 heterocycles. The minimum atomic E-state index is -0.201. The lowest BCUT2D eigenvalue weighted by molar-refractivity contribution is 0.791. The predicted molar refractivity (Wildman–Crippen MR) is 84.0 cm³/mol. The van der Waals surface area contributed by atoms with E-state index in [2.05, 4.69) is 27.7 Å². The molecule has 1 atom stereocenters. The van der Waals surface area contributed by atoms with Crippen LogP contribution >= 0.6 is 0 Å². The summed E-state index contributed by atoms with van der Waals surface area (Å²) in [5, 5.41) is 30.2. The molecule has 1 aromatic heterocycles. The molecule has 0 saturated carbocycles. The molecule has 0 aliphatic carbocycles. The van der Waals surface area contributed by atoms with Crippen molar-refractivity contribution in [3.8, 4) is 12.1 Å². The first-order valence-corrected chi connectivity index (χ1v) is 7.04. The first-order valence-electron chi connectivity index (χ1n) is 7.04. The Bertz CT molecular complexity index is 915. The van der Waals surface area contributed by atoms with Crippen molar-refractivity contribution in [2.24, 2.45) is 5.92 Å². The van der Waals surface area contributed by atoms with E-state index in [0.717, 1.165) is 33.6 Å². The van der Waals surface area contributed by atoms with E-state index in [-0.39, 0.29) is 5.92 Å². The van der Waals surface area contributed by atoms with Gasteiger partial charge in [-0.25, -0.2) is 0 Å². The van der Waals surface area contributed by atoms with E-state index in [1.165, 1.54) is 0 Å². The number of aryl methyl sites for hydroxylation is 1. The van der Waals surface area contributed by atoms with Gasteiger partial charge in [-0.1, -0.05) is 13.0 Å². The SMILES string of the molecule is CC1=C(C#N)C(C)C(C#N)=C(c2ccc3n[nH]c(C)c3c2)N1. The molecule has 5 nitrogen and oxygen atoms in total. The lowest BCUT2D eigenvalue weighted by atomic mass is 9.86. The van der Waals surface area contributed by atoms with Crippen molar-refractivity contribution < 1.29 is 0 Å². The zero-order valence-electron chi connectivity index (χ0n) is 12.7. The van der Waals surface area contributed by atoms with Crippen LogP contribution < -0.4 is 5.32 Å². The molecule has 0 fully saturated rings. The number of hydrogen-bond acceptors (Lipinski definition) is 4. The Morgan fingerprint density at radius 1 is 1.14 bits per heavy atom. The second-order valence-electron chi connectivity index (χ2n) is 5.48. The van der Waals surface area contributed by atoms with Crippen LogP contribution in [0.25, 0.3) is 16.6 Å². The number of hydrogen-bond donors (Lipinski definition) is 2. The Morgan fingerprint density at radius 2 is 1.86 bits per heavy atom. The number of allylic oxidation sites excluding steroid dienone is 3. The number of H-pyrrole nitrogens is 1. The van der Waals surface area contributed by atoms with E-state index in [1.54, 1.807) is 0 Å². The molecule has 0 amide bonds. The number of nitrogens with one attached hydrogen (secondary N) is 2. The molecule has 1 aliphatic rings. The molecule has 1 unspecified atom stereocenters. The molecular formula is C17H15N5. The van der Waals surface area contributed by atoms with Gasteiger partial charge in [-0.05, 0) is 31.5 Å². The highest BCUT2D eigenvalue weighted by Gasteiger charge is 2.26. The fraction of sp³-hybridized carbons (Fsp3) is 0.235. The van der Waals surface area contributed by atoms with E-state index in [0.29, 0.717) is 11.1 Å². The maximum absolute atomic E-state index is 9.52.